The highest BCUT2D eigenvalue weighted by Crippen LogP contribution is 2.29. The Hall–Kier alpha value is -3.46. The molecule has 0 aliphatic heterocycles. The summed E-state index contributed by atoms with van der Waals surface area (Å²) >= 11 is 0. The number of hydrogen-bond acceptors (Lipinski definition) is 6. The molecule has 3 heterocycles. The molecule has 0 fully saturated rings. The molecule has 9 nitrogen and oxygen atoms in total. The highest BCUT2D eigenvalue weighted by molar-refractivity contribution is 6.08. The highest BCUT2D eigenvalue weighted by Gasteiger charge is 2.15. The molecule has 0 saturated heterocycles. The van der Waals surface area contributed by atoms with Crippen LogP contribution in [0.25, 0.3) is 33.1 Å². The van der Waals surface area contributed by atoms with E-state index in [1.54, 1.807) is 17.1 Å². The van der Waals surface area contributed by atoms with E-state index in [4.69, 9.17) is 5.73 Å². The summed E-state index contributed by atoms with van der Waals surface area (Å²) in [7, 11) is 0. The number of fused-ring (bicyclic) bond motifs is 3. The van der Waals surface area contributed by atoms with Gasteiger partial charge in [0.15, 0.2) is 0 Å². The van der Waals surface area contributed by atoms with Crippen molar-refractivity contribution in [2.24, 2.45) is 0 Å². The molecule has 0 aliphatic rings. The summed E-state index contributed by atoms with van der Waals surface area (Å²) in [5.41, 5.74) is 9.35. The summed E-state index contributed by atoms with van der Waals surface area (Å²) in [5, 5.41) is 25.3. The molecular weight excluding hydrogens is 346 g/mol. The van der Waals surface area contributed by atoms with Gasteiger partial charge >= 0.3 is 0 Å². The first-order chi connectivity index (χ1) is 13.0. The Labute approximate surface area is 154 Å². The van der Waals surface area contributed by atoms with Crippen molar-refractivity contribution in [1.29, 1.82) is 0 Å². The van der Waals surface area contributed by atoms with Gasteiger partial charge in [0.05, 0.1) is 35.8 Å². The van der Waals surface area contributed by atoms with Gasteiger partial charge in [-0.05, 0) is 18.2 Å². The number of aromatic amines is 1. The topological polar surface area (TPSA) is 135 Å². The van der Waals surface area contributed by atoms with Gasteiger partial charge in [-0.3, -0.25) is 14.6 Å². The number of amides is 1. The number of hydrogen-bond donors (Lipinski definition) is 4. The number of nitrogens with zero attached hydrogens (tertiary/aromatic N) is 4. The van der Waals surface area contributed by atoms with Crippen LogP contribution in [0.5, 0.6) is 0 Å². The average Bonchev–Trinajstić information content (AvgIpc) is 3.30. The standard InChI is InChI=1S/C18H19N7O2/c1-10(27)21-12(9-26)7-25-8-14-17(24-25)13-3-2-11(15-4-5-20-23-15)6-16(13)22-18(14)19/h2-6,8,12,26H,7,9H2,1H3,(H2,19,22)(H,20,23)(H,21,27)/t12-/m1/s1. The molecular formula is C18H19N7O2. The van der Waals surface area contributed by atoms with Crippen molar-refractivity contribution in [2.75, 3.05) is 12.3 Å². The maximum atomic E-state index is 11.2. The molecule has 9 heteroatoms. The molecule has 27 heavy (non-hydrogen) atoms. The van der Waals surface area contributed by atoms with E-state index in [1.807, 2.05) is 24.3 Å². The van der Waals surface area contributed by atoms with E-state index in [0.29, 0.717) is 12.4 Å². The number of rotatable bonds is 5. The summed E-state index contributed by atoms with van der Waals surface area (Å²) in [4.78, 5) is 15.7. The maximum absolute atomic E-state index is 11.2. The van der Waals surface area contributed by atoms with Crippen molar-refractivity contribution < 1.29 is 9.90 Å². The fraction of sp³-hybridized carbons (Fsp3) is 0.222. The second kappa shape index (κ2) is 6.69. The molecule has 4 aromatic rings. The van der Waals surface area contributed by atoms with Gasteiger partial charge in [0.1, 0.15) is 11.3 Å². The maximum Gasteiger partial charge on any atom is 0.217 e. The smallest absolute Gasteiger partial charge is 0.217 e. The largest absolute Gasteiger partial charge is 0.394 e. The van der Waals surface area contributed by atoms with Gasteiger partial charge in [0.2, 0.25) is 5.91 Å². The van der Waals surface area contributed by atoms with Crippen LogP contribution in [0.3, 0.4) is 0 Å². The number of H-pyrrole nitrogens is 1. The van der Waals surface area contributed by atoms with Crippen LogP contribution >= 0.6 is 0 Å². The lowest BCUT2D eigenvalue weighted by atomic mass is 10.1. The van der Waals surface area contributed by atoms with Crippen molar-refractivity contribution in [3.8, 4) is 11.3 Å². The Bertz CT molecular complexity index is 1120. The quantitative estimate of drug-likeness (QED) is 0.418. The predicted molar refractivity (Wildman–Crippen MR) is 102 cm³/mol. The van der Waals surface area contributed by atoms with E-state index in [-0.39, 0.29) is 12.5 Å². The van der Waals surface area contributed by atoms with Crippen LogP contribution < -0.4 is 11.1 Å². The summed E-state index contributed by atoms with van der Waals surface area (Å²) in [5.74, 6) is 0.172. The molecule has 0 bridgehead atoms. The molecule has 0 aliphatic carbocycles. The SMILES string of the molecule is CC(=O)N[C@@H](CO)Cn1cc2c(N)nc3cc(-c4cc[nH]n4)ccc3c2n1. The fourth-order valence-electron chi connectivity index (χ4n) is 3.16. The minimum absolute atomic E-state index is 0.183. The molecule has 1 amide bonds. The lowest BCUT2D eigenvalue weighted by Crippen LogP contribution is -2.39. The first-order valence-corrected chi connectivity index (χ1v) is 8.49. The molecule has 138 valence electrons. The molecule has 3 aromatic heterocycles. The van der Waals surface area contributed by atoms with Gasteiger partial charge in [-0.2, -0.15) is 10.2 Å². The van der Waals surface area contributed by atoms with Crippen molar-refractivity contribution >= 4 is 33.5 Å². The number of aliphatic hydroxyl groups excluding tert-OH is 1. The van der Waals surface area contributed by atoms with Gasteiger partial charge in [0.25, 0.3) is 0 Å². The number of pyridine rings is 1. The van der Waals surface area contributed by atoms with Crippen LogP contribution in [0.4, 0.5) is 5.82 Å². The van der Waals surface area contributed by atoms with E-state index in [0.717, 1.165) is 33.1 Å². The lowest BCUT2D eigenvalue weighted by molar-refractivity contribution is -0.120. The summed E-state index contributed by atoms with van der Waals surface area (Å²) < 4.78 is 1.67. The number of carbonyl (C=O) groups is 1. The number of benzene rings is 1. The van der Waals surface area contributed by atoms with Crippen LogP contribution in [0.1, 0.15) is 6.92 Å². The predicted octanol–water partition coefficient (Wildman–Crippen LogP) is 1.05. The zero-order chi connectivity index (χ0) is 19.0. The first kappa shape index (κ1) is 17.0. The number of aliphatic hydroxyl groups is 1. The number of nitrogens with two attached hydrogens (primary N) is 1. The van der Waals surface area contributed by atoms with Crippen molar-refractivity contribution in [1.82, 2.24) is 30.3 Å². The van der Waals surface area contributed by atoms with Gasteiger partial charge in [-0.15, -0.1) is 0 Å². The molecule has 0 saturated carbocycles. The second-order valence-electron chi connectivity index (χ2n) is 6.38. The van der Waals surface area contributed by atoms with E-state index < -0.39 is 6.04 Å². The first-order valence-electron chi connectivity index (χ1n) is 8.49. The van der Waals surface area contributed by atoms with Gasteiger partial charge < -0.3 is 16.2 Å². The third-order valence-electron chi connectivity index (χ3n) is 4.36. The Morgan fingerprint density at radius 3 is 2.93 bits per heavy atom. The Kier molecular flexibility index (Phi) is 4.21. The molecule has 5 N–H and O–H groups in total. The summed E-state index contributed by atoms with van der Waals surface area (Å²) in [6, 6.07) is 7.29. The summed E-state index contributed by atoms with van der Waals surface area (Å²) in [6.45, 7) is 1.56. The third kappa shape index (κ3) is 3.20. The zero-order valence-corrected chi connectivity index (χ0v) is 14.7. The van der Waals surface area contributed by atoms with Gasteiger partial charge in [-0.25, -0.2) is 4.98 Å². The molecule has 0 unspecified atom stereocenters. The van der Waals surface area contributed by atoms with Crippen molar-refractivity contribution in [2.45, 2.75) is 19.5 Å². The van der Waals surface area contributed by atoms with Crippen LogP contribution in [0.15, 0.2) is 36.7 Å². The second-order valence-corrected chi connectivity index (χ2v) is 6.38. The monoisotopic (exact) mass is 365 g/mol. The van der Waals surface area contributed by atoms with Crippen LogP contribution in [0.2, 0.25) is 0 Å². The minimum Gasteiger partial charge on any atom is -0.394 e. The fourth-order valence-corrected chi connectivity index (χ4v) is 3.16. The van der Waals surface area contributed by atoms with Crippen LogP contribution in [-0.4, -0.2) is 48.6 Å². The van der Waals surface area contributed by atoms with Crippen molar-refractivity contribution in [3.63, 3.8) is 0 Å². The Balaban J connectivity index is 1.77. The van der Waals surface area contributed by atoms with Gasteiger partial charge in [-0.1, -0.05) is 6.07 Å². The third-order valence-corrected chi connectivity index (χ3v) is 4.36. The van der Waals surface area contributed by atoms with Crippen LogP contribution in [0, 0.1) is 0 Å². The number of anilines is 1. The molecule has 0 spiro atoms. The number of nitrogen functional groups attached to an aromatic ring is 1. The highest BCUT2D eigenvalue weighted by atomic mass is 16.3. The average molecular weight is 365 g/mol. The molecule has 1 aromatic carbocycles. The molecule has 4 rings (SSSR count). The number of nitrogens with one attached hydrogen (secondary N) is 2. The normalized spacial score (nSPS) is 12.5. The van der Waals surface area contributed by atoms with E-state index in [9.17, 15) is 9.90 Å². The zero-order valence-electron chi connectivity index (χ0n) is 14.7. The number of carbonyl (C=O) groups excluding carboxylic acids is 1. The molecule has 1 atom stereocenters. The van der Waals surface area contributed by atoms with Crippen molar-refractivity contribution in [3.05, 3.63) is 36.7 Å². The lowest BCUT2D eigenvalue weighted by Gasteiger charge is -2.14. The Morgan fingerprint density at radius 2 is 2.22 bits per heavy atom. The van der Waals surface area contributed by atoms with E-state index in [1.165, 1.54) is 6.92 Å². The van der Waals surface area contributed by atoms with E-state index in [2.05, 4.69) is 25.6 Å². The molecule has 0 radical (unpaired) electrons. The van der Waals surface area contributed by atoms with Gasteiger partial charge in [0, 0.05) is 30.3 Å². The summed E-state index contributed by atoms with van der Waals surface area (Å²) in [6.07, 6.45) is 3.54. The van der Waals surface area contributed by atoms with Crippen LogP contribution in [-0.2, 0) is 11.3 Å². The minimum atomic E-state index is -0.427. The Morgan fingerprint density at radius 1 is 1.37 bits per heavy atom. The van der Waals surface area contributed by atoms with E-state index >= 15 is 0 Å². The number of aromatic nitrogens is 5.